The van der Waals surface area contributed by atoms with Gasteiger partial charge < -0.3 is 9.84 Å². The third-order valence-electron chi connectivity index (χ3n) is 3.58. The van der Waals surface area contributed by atoms with Crippen molar-refractivity contribution in [3.05, 3.63) is 0 Å². The summed E-state index contributed by atoms with van der Waals surface area (Å²) in [5, 5.41) is 9.38. The van der Waals surface area contributed by atoms with Gasteiger partial charge in [-0.15, -0.1) is 0 Å². The Morgan fingerprint density at radius 1 is 1.50 bits per heavy atom. The van der Waals surface area contributed by atoms with Crippen LogP contribution in [-0.4, -0.2) is 46.8 Å². The normalized spacial score (nSPS) is 38.1. The molecular weight excluding hydrogens is 182 g/mol. The number of morpholine rings is 1. The van der Waals surface area contributed by atoms with Crippen molar-refractivity contribution in [3.63, 3.8) is 0 Å². The summed E-state index contributed by atoms with van der Waals surface area (Å²) >= 11 is 0. The van der Waals surface area contributed by atoms with Gasteiger partial charge in [-0.05, 0) is 34.7 Å². The second-order valence-corrected chi connectivity index (χ2v) is 4.68. The lowest BCUT2D eigenvalue weighted by molar-refractivity contribution is -0.198. The van der Waals surface area contributed by atoms with E-state index in [1.807, 2.05) is 18.9 Å². The van der Waals surface area contributed by atoms with Crippen LogP contribution in [0.25, 0.3) is 0 Å². The maximum Gasteiger partial charge on any atom is 0.326 e. The predicted octanol–water partition coefficient (Wildman–Crippen LogP) is 0.393. The largest absolute Gasteiger partial charge is 0.459 e. The third kappa shape index (κ3) is 1.33. The zero-order chi connectivity index (χ0) is 11.1. The molecule has 1 aliphatic rings. The molecule has 1 fully saturated rings. The molecule has 2 atom stereocenters. The van der Waals surface area contributed by atoms with E-state index in [0.29, 0.717) is 0 Å². The average Bonchev–Trinajstić information content (AvgIpc) is 2.13. The first-order chi connectivity index (χ1) is 6.26. The molecule has 1 aliphatic heterocycles. The SMILES string of the molecule is CC1OC(=O)C(C)(C)N(C)C1(C)CO. The van der Waals surface area contributed by atoms with Crippen molar-refractivity contribution >= 4 is 5.97 Å². The minimum atomic E-state index is -0.677. The van der Waals surface area contributed by atoms with E-state index in [-0.39, 0.29) is 18.7 Å². The second kappa shape index (κ2) is 3.21. The lowest BCUT2D eigenvalue weighted by Gasteiger charge is -2.52. The van der Waals surface area contributed by atoms with Gasteiger partial charge in [0, 0.05) is 0 Å². The Labute approximate surface area is 84.8 Å². The molecule has 1 saturated heterocycles. The van der Waals surface area contributed by atoms with Crippen LogP contribution in [0.15, 0.2) is 0 Å². The lowest BCUT2D eigenvalue weighted by atomic mass is 9.86. The first kappa shape index (κ1) is 11.5. The van der Waals surface area contributed by atoms with Crippen LogP contribution in [0.1, 0.15) is 27.7 Å². The minimum Gasteiger partial charge on any atom is -0.459 e. The number of carbonyl (C=O) groups is 1. The van der Waals surface area contributed by atoms with Gasteiger partial charge in [0.1, 0.15) is 11.6 Å². The number of likely N-dealkylation sites (N-methyl/N-ethyl adjacent to an activating group) is 1. The molecule has 1 heterocycles. The highest BCUT2D eigenvalue weighted by Gasteiger charge is 2.52. The number of carbonyl (C=O) groups excluding carboxylic acids is 1. The van der Waals surface area contributed by atoms with E-state index >= 15 is 0 Å². The number of ether oxygens (including phenoxy) is 1. The molecule has 82 valence electrons. The van der Waals surface area contributed by atoms with Gasteiger partial charge in [-0.2, -0.15) is 0 Å². The van der Waals surface area contributed by atoms with Crippen LogP contribution in [0.4, 0.5) is 0 Å². The fraction of sp³-hybridized carbons (Fsp3) is 0.900. The molecule has 0 bridgehead atoms. The molecule has 0 aromatic rings. The maximum atomic E-state index is 11.6. The summed E-state index contributed by atoms with van der Waals surface area (Å²) < 4.78 is 5.24. The molecule has 0 spiro atoms. The van der Waals surface area contributed by atoms with Crippen LogP contribution in [0.2, 0.25) is 0 Å². The summed E-state index contributed by atoms with van der Waals surface area (Å²) in [5.74, 6) is -0.238. The zero-order valence-corrected chi connectivity index (χ0v) is 9.50. The summed E-state index contributed by atoms with van der Waals surface area (Å²) in [6, 6.07) is 0. The standard InChI is InChI=1S/C10H19NO3/c1-7-10(4,6-12)11(5)9(2,3)8(13)14-7/h7,12H,6H2,1-5H3. The maximum absolute atomic E-state index is 11.6. The molecule has 0 amide bonds. The lowest BCUT2D eigenvalue weighted by Crippen LogP contribution is -2.69. The van der Waals surface area contributed by atoms with Crippen molar-refractivity contribution in [1.82, 2.24) is 4.90 Å². The van der Waals surface area contributed by atoms with Crippen LogP contribution in [0.5, 0.6) is 0 Å². The van der Waals surface area contributed by atoms with E-state index in [0.717, 1.165) is 0 Å². The quantitative estimate of drug-likeness (QED) is 0.624. The number of aliphatic hydroxyl groups excluding tert-OH is 1. The summed E-state index contributed by atoms with van der Waals surface area (Å²) in [5.41, 5.74) is -1.18. The fourth-order valence-corrected chi connectivity index (χ4v) is 1.71. The number of cyclic esters (lactones) is 1. The molecule has 14 heavy (non-hydrogen) atoms. The molecule has 0 radical (unpaired) electrons. The van der Waals surface area contributed by atoms with Gasteiger partial charge in [-0.1, -0.05) is 0 Å². The van der Waals surface area contributed by atoms with E-state index in [9.17, 15) is 9.90 Å². The first-order valence-electron chi connectivity index (χ1n) is 4.82. The Kier molecular flexibility index (Phi) is 2.63. The van der Waals surface area contributed by atoms with Gasteiger partial charge in [0.2, 0.25) is 0 Å². The smallest absolute Gasteiger partial charge is 0.326 e. The van der Waals surface area contributed by atoms with E-state index < -0.39 is 11.1 Å². The van der Waals surface area contributed by atoms with Crippen molar-refractivity contribution < 1.29 is 14.6 Å². The number of hydrogen-bond donors (Lipinski definition) is 1. The van der Waals surface area contributed by atoms with Gasteiger partial charge >= 0.3 is 5.97 Å². The summed E-state index contributed by atoms with van der Waals surface area (Å²) in [6.07, 6.45) is -0.293. The number of esters is 1. The number of rotatable bonds is 1. The van der Waals surface area contributed by atoms with E-state index in [2.05, 4.69) is 0 Å². The predicted molar refractivity (Wildman–Crippen MR) is 52.9 cm³/mol. The van der Waals surface area contributed by atoms with Crippen LogP contribution in [-0.2, 0) is 9.53 Å². The molecule has 0 saturated carbocycles. The van der Waals surface area contributed by atoms with Gasteiger partial charge in [0.15, 0.2) is 0 Å². The fourth-order valence-electron chi connectivity index (χ4n) is 1.71. The molecule has 2 unspecified atom stereocenters. The number of hydrogen-bond acceptors (Lipinski definition) is 4. The topological polar surface area (TPSA) is 49.8 Å². The molecule has 1 rings (SSSR count). The van der Waals surface area contributed by atoms with Crippen LogP contribution in [0, 0.1) is 0 Å². The molecule has 0 aliphatic carbocycles. The van der Waals surface area contributed by atoms with E-state index in [1.54, 1.807) is 20.8 Å². The summed E-state index contributed by atoms with van der Waals surface area (Å²) in [7, 11) is 1.84. The van der Waals surface area contributed by atoms with E-state index in [1.165, 1.54) is 0 Å². The minimum absolute atomic E-state index is 0.0264. The Hall–Kier alpha value is -0.610. The van der Waals surface area contributed by atoms with Crippen LogP contribution >= 0.6 is 0 Å². The van der Waals surface area contributed by atoms with Crippen molar-refractivity contribution in [2.75, 3.05) is 13.7 Å². The van der Waals surface area contributed by atoms with Gasteiger partial charge in [-0.3, -0.25) is 9.69 Å². The Balaban J connectivity index is 3.07. The van der Waals surface area contributed by atoms with Gasteiger partial charge in [0.05, 0.1) is 12.1 Å². The van der Waals surface area contributed by atoms with Crippen LogP contribution < -0.4 is 0 Å². The summed E-state index contributed by atoms with van der Waals surface area (Å²) in [4.78, 5) is 13.5. The first-order valence-corrected chi connectivity index (χ1v) is 4.82. The van der Waals surface area contributed by atoms with Crippen molar-refractivity contribution in [2.45, 2.75) is 44.9 Å². The highest BCUT2D eigenvalue weighted by Crippen LogP contribution is 2.33. The highest BCUT2D eigenvalue weighted by molar-refractivity contribution is 5.81. The Morgan fingerprint density at radius 2 is 2.00 bits per heavy atom. The monoisotopic (exact) mass is 201 g/mol. The Morgan fingerprint density at radius 3 is 2.43 bits per heavy atom. The average molecular weight is 201 g/mol. The third-order valence-corrected chi connectivity index (χ3v) is 3.58. The second-order valence-electron chi connectivity index (χ2n) is 4.68. The molecule has 0 aromatic heterocycles. The van der Waals surface area contributed by atoms with Crippen LogP contribution in [0.3, 0.4) is 0 Å². The summed E-state index contributed by atoms with van der Waals surface area (Å²) in [6.45, 7) is 7.28. The van der Waals surface area contributed by atoms with Crippen molar-refractivity contribution in [1.29, 1.82) is 0 Å². The molecule has 1 N–H and O–H groups in total. The van der Waals surface area contributed by atoms with E-state index in [4.69, 9.17) is 4.74 Å². The van der Waals surface area contributed by atoms with Gasteiger partial charge in [0.25, 0.3) is 0 Å². The zero-order valence-electron chi connectivity index (χ0n) is 9.50. The Bertz CT molecular complexity index is 252. The molecule has 0 aromatic carbocycles. The molecule has 4 nitrogen and oxygen atoms in total. The highest BCUT2D eigenvalue weighted by atomic mass is 16.6. The van der Waals surface area contributed by atoms with Crippen molar-refractivity contribution in [3.8, 4) is 0 Å². The molecule has 4 heteroatoms. The number of aliphatic hydroxyl groups is 1. The molecular formula is C10H19NO3. The van der Waals surface area contributed by atoms with Gasteiger partial charge in [-0.25, -0.2) is 0 Å². The number of nitrogens with zero attached hydrogens (tertiary/aromatic N) is 1. The van der Waals surface area contributed by atoms with Crippen molar-refractivity contribution in [2.24, 2.45) is 0 Å².